The van der Waals surface area contributed by atoms with E-state index in [0.29, 0.717) is 18.7 Å². The van der Waals surface area contributed by atoms with Gasteiger partial charge in [-0.25, -0.2) is 0 Å². The summed E-state index contributed by atoms with van der Waals surface area (Å²) in [5.41, 5.74) is 0. The number of nitrogens with one attached hydrogen (secondary N) is 1. The zero-order valence-corrected chi connectivity index (χ0v) is 9.58. The van der Waals surface area contributed by atoms with E-state index in [0.717, 1.165) is 23.4 Å². The number of nitrogens with zero attached hydrogens (tertiary/aromatic N) is 1. The van der Waals surface area contributed by atoms with Crippen molar-refractivity contribution in [2.75, 3.05) is 6.61 Å². The molecule has 1 aliphatic rings. The van der Waals surface area contributed by atoms with Crippen molar-refractivity contribution < 1.29 is 9.26 Å². The van der Waals surface area contributed by atoms with Gasteiger partial charge in [0, 0.05) is 18.7 Å². The van der Waals surface area contributed by atoms with Gasteiger partial charge in [-0.1, -0.05) is 5.16 Å². The number of hydrogen-bond acceptors (Lipinski definition) is 4. The van der Waals surface area contributed by atoms with Crippen LogP contribution in [0.4, 0.5) is 0 Å². The van der Waals surface area contributed by atoms with Crippen molar-refractivity contribution in [1.82, 2.24) is 10.5 Å². The normalized spacial score (nSPS) is 27.0. The van der Waals surface area contributed by atoms with Gasteiger partial charge in [-0.05, 0) is 29.3 Å². The molecule has 1 N–H and O–H groups in total. The van der Waals surface area contributed by atoms with Gasteiger partial charge in [-0.3, -0.25) is 0 Å². The van der Waals surface area contributed by atoms with Crippen LogP contribution in [0.1, 0.15) is 19.1 Å². The number of hydrogen-bond donors (Lipinski definition) is 1. The molecule has 2 heterocycles. The van der Waals surface area contributed by atoms with Crippen LogP contribution >= 0.6 is 15.9 Å². The third kappa shape index (κ3) is 2.34. The second-order valence-corrected chi connectivity index (χ2v) is 4.28. The van der Waals surface area contributed by atoms with Crippen molar-refractivity contribution >= 4 is 15.9 Å². The van der Waals surface area contributed by atoms with E-state index in [9.17, 15) is 0 Å². The SMILES string of the molecule is C[C@H]1OCC[C@H]1NCc1cc(Br)no1. The van der Waals surface area contributed by atoms with Crippen LogP contribution < -0.4 is 5.32 Å². The van der Waals surface area contributed by atoms with Crippen molar-refractivity contribution in [3.05, 3.63) is 16.4 Å². The first-order valence-corrected chi connectivity index (χ1v) is 5.51. The quantitative estimate of drug-likeness (QED) is 0.899. The molecule has 1 aromatic heterocycles. The summed E-state index contributed by atoms with van der Waals surface area (Å²) < 4.78 is 11.2. The van der Waals surface area contributed by atoms with Crippen LogP contribution in [0, 0.1) is 0 Å². The maximum absolute atomic E-state index is 5.44. The Hall–Kier alpha value is -0.390. The van der Waals surface area contributed by atoms with Gasteiger partial charge >= 0.3 is 0 Å². The zero-order chi connectivity index (χ0) is 9.97. The van der Waals surface area contributed by atoms with Crippen LogP contribution in [0.25, 0.3) is 0 Å². The van der Waals surface area contributed by atoms with Crippen LogP contribution in [0.15, 0.2) is 15.2 Å². The first-order chi connectivity index (χ1) is 6.75. The molecule has 0 radical (unpaired) electrons. The molecule has 1 fully saturated rings. The molecule has 1 aliphatic heterocycles. The minimum absolute atomic E-state index is 0.293. The predicted molar refractivity (Wildman–Crippen MR) is 54.9 cm³/mol. The molecule has 0 aromatic carbocycles. The molecule has 0 unspecified atom stereocenters. The molecule has 0 amide bonds. The van der Waals surface area contributed by atoms with Crippen molar-refractivity contribution in [2.45, 2.75) is 32.0 Å². The van der Waals surface area contributed by atoms with Gasteiger partial charge in [0.05, 0.1) is 12.6 Å². The first-order valence-electron chi connectivity index (χ1n) is 4.72. The molecular formula is C9H13BrN2O2. The fourth-order valence-corrected chi connectivity index (χ4v) is 1.93. The lowest BCUT2D eigenvalue weighted by molar-refractivity contribution is 0.112. The van der Waals surface area contributed by atoms with E-state index in [-0.39, 0.29) is 0 Å². The molecule has 5 heteroatoms. The van der Waals surface area contributed by atoms with Crippen LogP contribution in [-0.4, -0.2) is 23.9 Å². The van der Waals surface area contributed by atoms with Gasteiger partial charge < -0.3 is 14.6 Å². The van der Waals surface area contributed by atoms with E-state index < -0.39 is 0 Å². The Morgan fingerprint density at radius 3 is 3.14 bits per heavy atom. The molecule has 0 bridgehead atoms. The molecule has 0 spiro atoms. The summed E-state index contributed by atoms with van der Waals surface area (Å²) >= 11 is 3.24. The van der Waals surface area contributed by atoms with Crippen molar-refractivity contribution in [3.8, 4) is 0 Å². The van der Waals surface area contributed by atoms with Gasteiger partial charge in [-0.15, -0.1) is 0 Å². The minimum atomic E-state index is 0.293. The Bertz CT molecular complexity index is 303. The number of ether oxygens (including phenoxy) is 1. The summed E-state index contributed by atoms with van der Waals surface area (Å²) in [6.07, 6.45) is 1.36. The summed E-state index contributed by atoms with van der Waals surface area (Å²) in [5.74, 6) is 0.843. The standard InChI is InChI=1S/C9H13BrN2O2/c1-6-8(2-3-13-6)11-5-7-4-9(10)12-14-7/h4,6,8,11H,2-3,5H2,1H3/t6-,8-/m1/s1. The molecule has 0 saturated carbocycles. The van der Waals surface area contributed by atoms with Crippen molar-refractivity contribution in [2.24, 2.45) is 0 Å². The summed E-state index contributed by atoms with van der Waals surface area (Å²) in [6.45, 7) is 3.64. The van der Waals surface area contributed by atoms with Gasteiger partial charge in [-0.2, -0.15) is 0 Å². The fraction of sp³-hybridized carbons (Fsp3) is 0.667. The Balaban J connectivity index is 1.82. The van der Waals surface area contributed by atoms with Crippen molar-refractivity contribution in [3.63, 3.8) is 0 Å². The van der Waals surface area contributed by atoms with Crippen LogP contribution in [0.2, 0.25) is 0 Å². The van der Waals surface area contributed by atoms with E-state index in [4.69, 9.17) is 9.26 Å². The Kier molecular flexibility index (Phi) is 3.20. The van der Waals surface area contributed by atoms with Crippen LogP contribution in [0.3, 0.4) is 0 Å². The molecule has 2 atom stereocenters. The largest absolute Gasteiger partial charge is 0.377 e. The number of aromatic nitrogens is 1. The predicted octanol–water partition coefficient (Wildman–Crippen LogP) is 1.70. The molecule has 0 aliphatic carbocycles. The maximum Gasteiger partial charge on any atom is 0.151 e. The Labute approximate surface area is 91.1 Å². The second-order valence-electron chi connectivity index (χ2n) is 3.47. The average Bonchev–Trinajstić information content (AvgIpc) is 2.72. The van der Waals surface area contributed by atoms with Gasteiger partial charge in [0.15, 0.2) is 5.76 Å². The monoisotopic (exact) mass is 260 g/mol. The summed E-state index contributed by atoms with van der Waals surface area (Å²) in [4.78, 5) is 0. The van der Waals surface area contributed by atoms with E-state index in [1.54, 1.807) is 0 Å². The van der Waals surface area contributed by atoms with Crippen LogP contribution in [-0.2, 0) is 11.3 Å². The molecule has 1 saturated heterocycles. The van der Waals surface area contributed by atoms with Crippen LogP contribution in [0.5, 0.6) is 0 Å². The molecule has 14 heavy (non-hydrogen) atoms. The number of rotatable bonds is 3. The molecule has 4 nitrogen and oxygen atoms in total. The van der Waals surface area contributed by atoms with Gasteiger partial charge in [0.1, 0.15) is 4.60 Å². The highest BCUT2D eigenvalue weighted by atomic mass is 79.9. The molecule has 2 rings (SSSR count). The highest BCUT2D eigenvalue weighted by Gasteiger charge is 2.23. The lowest BCUT2D eigenvalue weighted by Crippen LogP contribution is -2.33. The zero-order valence-electron chi connectivity index (χ0n) is 8.00. The third-order valence-electron chi connectivity index (χ3n) is 2.44. The highest BCUT2D eigenvalue weighted by molar-refractivity contribution is 9.10. The average molecular weight is 261 g/mol. The summed E-state index contributed by atoms with van der Waals surface area (Å²) in [7, 11) is 0. The van der Waals surface area contributed by atoms with E-state index in [1.807, 2.05) is 6.07 Å². The maximum atomic E-state index is 5.44. The molecular weight excluding hydrogens is 248 g/mol. The summed E-state index contributed by atoms with van der Waals surface area (Å²) in [6, 6.07) is 2.30. The Morgan fingerprint density at radius 1 is 1.71 bits per heavy atom. The number of halogens is 1. The fourth-order valence-electron chi connectivity index (χ4n) is 1.60. The topological polar surface area (TPSA) is 47.3 Å². The minimum Gasteiger partial charge on any atom is -0.377 e. The first kappa shape index (κ1) is 10.1. The van der Waals surface area contributed by atoms with Crippen molar-refractivity contribution in [1.29, 1.82) is 0 Å². The van der Waals surface area contributed by atoms with E-state index >= 15 is 0 Å². The lowest BCUT2D eigenvalue weighted by atomic mass is 10.1. The molecule has 1 aromatic rings. The third-order valence-corrected chi connectivity index (χ3v) is 2.82. The second kappa shape index (κ2) is 4.42. The smallest absolute Gasteiger partial charge is 0.151 e. The Morgan fingerprint density at radius 2 is 2.57 bits per heavy atom. The van der Waals surface area contributed by atoms with Gasteiger partial charge in [0.25, 0.3) is 0 Å². The van der Waals surface area contributed by atoms with E-state index in [1.165, 1.54) is 0 Å². The highest BCUT2D eigenvalue weighted by Crippen LogP contribution is 2.14. The summed E-state index contributed by atoms with van der Waals surface area (Å²) in [5, 5.41) is 7.13. The van der Waals surface area contributed by atoms with E-state index in [2.05, 4.69) is 33.3 Å². The molecule has 78 valence electrons. The van der Waals surface area contributed by atoms with Gasteiger partial charge in [0.2, 0.25) is 0 Å². The lowest BCUT2D eigenvalue weighted by Gasteiger charge is -2.14.